The molecule has 9 nitrogen and oxygen atoms in total. The Morgan fingerprint density at radius 1 is 1.00 bits per heavy atom. The lowest BCUT2D eigenvalue weighted by molar-refractivity contribution is -0.113. The summed E-state index contributed by atoms with van der Waals surface area (Å²) in [6, 6.07) is 26.6. The predicted molar refractivity (Wildman–Crippen MR) is 142 cm³/mol. The number of carbonyl (C=O) groups is 1. The average molecular weight is 511 g/mol. The van der Waals surface area contributed by atoms with Crippen LogP contribution in [0.2, 0.25) is 0 Å². The summed E-state index contributed by atoms with van der Waals surface area (Å²) in [7, 11) is 0. The van der Waals surface area contributed by atoms with Crippen LogP contribution in [-0.4, -0.2) is 42.6 Å². The van der Waals surface area contributed by atoms with E-state index >= 15 is 0 Å². The summed E-state index contributed by atoms with van der Waals surface area (Å²) < 4.78 is 7.69. The number of aromatic nitrogens is 4. The Labute approximate surface area is 216 Å². The van der Waals surface area contributed by atoms with E-state index in [0.29, 0.717) is 28.5 Å². The molecule has 0 unspecified atom stereocenters. The fraction of sp³-hybridized carbons (Fsp3) is 0.0741. The van der Waals surface area contributed by atoms with Crippen molar-refractivity contribution in [2.75, 3.05) is 11.1 Å². The van der Waals surface area contributed by atoms with E-state index in [0.717, 1.165) is 28.6 Å². The molecule has 2 N–H and O–H groups in total. The monoisotopic (exact) mass is 510 g/mol. The molecule has 2 aromatic heterocycles. The van der Waals surface area contributed by atoms with Crippen LogP contribution in [0.3, 0.4) is 0 Å². The summed E-state index contributed by atoms with van der Waals surface area (Å²) in [5.74, 6) is 0.197. The highest BCUT2D eigenvalue weighted by Gasteiger charge is 2.20. The van der Waals surface area contributed by atoms with E-state index in [1.165, 1.54) is 0 Å². The Morgan fingerprint density at radius 2 is 1.70 bits per heavy atom. The Bertz CT molecular complexity index is 1530. The van der Waals surface area contributed by atoms with Crippen LogP contribution in [-0.2, 0) is 4.79 Å². The molecule has 2 heterocycles. The molecule has 0 aliphatic carbocycles. The molecular weight excluding hydrogens is 488 g/mol. The van der Waals surface area contributed by atoms with Gasteiger partial charge in [0.15, 0.2) is 0 Å². The Balaban J connectivity index is 1.31. The highest BCUT2D eigenvalue weighted by Crippen LogP contribution is 2.32. The number of hydrogen-bond donors (Lipinski definition) is 2. The average Bonchev–Trinajstić information content (AvgIpc) is 3.60. The Morgan fingerprint density at radius 3 is 2.41 bits per heavy atom. The smallest absolute Gasteiger partial charge is 0.277 e. The molecule has 5 aromatic rings. The van der Waals surface area contributed by atoms with Gasteiger partial charge in [-0.2, -0.15) is 5.10 Å². The summed E-state index contributed by atoms with van der Waals surface area (Å²) in [4.78, 5) is 12.4. The molecule has 0 fully saturated rings. The van der Waals surface area contributed by atoms with Crippen LogP contribution in [0.25, 0.3) is 28.4 Å². The van der Waals surface area contributed by atoms with Crippen LogP contribution in [0.15, 0.2) is 106 Å². The van der Waals surface area contributed by atoms with Crippen LogP contribution in [0.1, 0.15) is 12.5 Å². The number of amides is 1. The normalized spacial score (nSPS) is 11.4. The van der Waals surface area contributed by atoms with Crippen LogP contribution in [0.4, 0.5) is 5.69 Å². The van der Waals surface area contributed by atoms with Crippen molar-refractivity contribution in [2.45, 2.75) is 12.1 Å². The minimum atomic E-state index is -0.216. The molecule has 0 radical (unpaired) electrons. The second-order valence-corrected chi connectivity index (χ2v) is 8.94. The lowest BCUT2D eigenvalue weighted by atomic mass is 10.1. The first-order valence-corrected chi connectivity index (χ1v) is 12.4. The number of hydrogen-bond acceptors (Lipinski definition) is 8. The van der Waals surface area contributed by atoms with E-state index in [-0.39, 0.29) is 16.9 Å². The third-order valence-electron chi connectivity index (χ3n) is 5.48. The van der Waals surface area contributed by atoms with Gasteiger partial charge in [0.1, 0.15) is 5.69 Å². The fourth-order valence-corrected chi connectivity index (χ4v) is 4.17. The summed E-state index contributed by atoms with van der Waals surface area (Å²) in [5, 5.41) is 28.3. The SMILES string of the molecule is C/C(=N\O)c1ccc(NC(=O)CSc2nnc(-c3cn(-c4ccccc4)nc3-c3ccccc3)o2)cc1. The molecule has 0 bridgehead atoms. The fourth-order valence-electron chi connectivity index (χ4n) is 3.61. The number of anilines is 1. The van der Waals surface area contributed by atoms with Crippen molar-refractivity contribution in [1.29, 1.82) is 0 Å². The van der Waals surface area contributed by atoms with Crippen LogP contribution in [0, 0.1) is 0 Å². The molecular formula is C27H22N6O3S. The number of nitrogens with zero attached hydrogens (tertiary/aromatic N) is 5. The van der Waals surface area contributed by atoms with Gasteiger partial charge in [0.2, 0.25) is 5.91 Å². The molecule has 0 spiro atoms. The number of carbonyl (C=O) groups excluding carboxylic acids is 1. The first-order chi connectivity index (χ1) is 18.1. The minimum absolute atomic E-state index is 0.0926. The molecule has 184 valence electrons. The van der Waals surface area contributed by atoms with Crippen molar-refractivity contribution in [3.05, 3.63) is 96.7 Å². The van der Waals surface area contributed by atoms with E-state index in [1.54, 1.807) is 35.9 Å². The van der Waals surface area contributed by atoms with Crippen molar-refractivity contribution in [2.24, 2.45) is 5.16 Å². The lowest BCUT2D eigenvalue weighted by Crippen LogP contribution is -2.14. The van der Waals surface area contributed by atoms with Crippen LogP contribution in [0.5, 0.6) is 0 Å². The number of para-hydroxylation sites is 1. The summed E-state index contributed by atoms with van der Waals surface area (Å²) in [6.45, 7) is 1.69. The molecule has 0 aliphatic heterocycles. The largest absolute Gasteiger partial charge is 0.411 e. The van der Waals surface area contributed by atoms with Gasteiger partial charge in [-0.15, -0.1) is 10.2 Å². The molecule has 0 saturated heterocycles. The first-order valence-electron chi connectivity index (χ1n) is 11.4. The quantitative estimate of drug-likeness (QED) is 0.122. The number of nitrogens with one attached hydrogen (secondary N) is 1. The first kappa shape index (κ1) is 24.0. The molecule has 3 aromatic carbocycles. The minimum Gasteiger partial charge on any atom is -0.411 e. The summed E-state index contributed by atoms with van der Waals surface area (Å²) >= 11 is 1.15. The highest BCUT2D eigenvalue weighted by atomic mass is 32.2. The molecule has 10 heteroatoms. The highest BCUT2D eigenvalue weighted by molar-refractivity contribution is 7.99. The van der Waals surface area contributed by atoms with Gasteiger partial charge in [-0.05, 0) is 36.8 Å². The van der Waals surface area contributed by atoms with E-state index in [9.17, 15) is 4.79 Å². The molecule has 37 heavy (non-hydrogen) atoms. The predicted octanol–water partition coefficient (Wildman–Crippen LogP) is 5.52. The lowest BCUT2D eigenvalue weighted by Gasteiger charge is -2.05. The van der Waals surface area contributed by atoms with Crippen molar-refractivity contribution < 1.29 is 14.4 Å². The number of thioether (sulfide) groups is 1. The van der Waals surface area contributed by atoms with Crippen LogP contribution >= 0.6 is 11.8 Å². The third kappa shape index (κ3) is 5.60. The van der Waals surface area contributed by atoms with Crippen molar-refractivity contribution in [1.82, 2.24) is 20.0 Å². The standard InChI is InChI=1S/C27H22N6O3S/c1-18(32-35)19-12-14-21(15-13-19)28-24(34)17-37-27-30-29-26(36-27)23-16-33(22-10-6-3-7-11-22)31-25(23)20-8-4-2-5-9-20/h2-16,35H,17H2,1H3,(H,28,34)/b32-18+. The van der Waals surface area contributed by atoms with Crippen molar-refractivity contribution in [3.8, 4) is 28.4 Å². The van der Waals surface area contributed by atoms with Gasteiger partial charge < -0.3 is 14.9 Å². The molecule has 0 saturated carbocycles. The number of rotatable bonds is 8. The van der Waals surface area contributed by atoms with Crippen molar-refractivity contribution >= 4 is 29.1 Å². The maximum absolute atomic E-state index is 12.4. The second-order valence-electron chi connectivity index (χ2n) is 8.01. The molecule has 0 atom stereocenters. The van der Waals surface area contributed by atoms with Gasteiger partial charge in [0.25, 0.3) is 11.1 Å². The van der Waals surface area contributed by atoms with Crippen molar-refractivity contribution in [3.63, 3.8) is 0 Å². The van der Waals surface area contributed by atoms with Crippen LogP contribution < -0.4 is 5.32 Å². The van der Waals surface area contributed by atoms with Gasteiger partial charge in [-0.3, -0.25) is 4.79 Å². The second kappa shape index (κ2) is 10.9. The zero-order chi connectivity index (χ0) is 25.6. The molecule has 5 rings (SSSR count). The summed E-state index contributed by atoms with van der Waals surface area (Å²) in [5.41, 5.74) is 5.12. The number of benzene rings is 3. The summed E-state index contributed by atoms with van der Waals surface area (Å²) in [6.07, 6.45) is 1.86. The van der Waals surface area contributed by atoms with Gasteiger partial charge in [-0.25, -0.2) is 4.68 Å². The third-order valence-corrected chi connectivity index (χ3v) is 6.30. The Kier molecular flexibility index (Phi) is 7.09. The van der Waals surface area contributed by atoms with Gasteiger partial charge >= 0.3 is 0 Å². The molecule has 0 aliphatic rings. The van der Waals surface area contributed by atoms with Gasteiger partial charge in [-0.1, -0.05) is 77.6 Å². The molecule has 1 amide bonds. The number of oxime groups is 1. The van der Waals surface area contributed by atoms with E-state index in [2.05, 4.69) is 20.7 Å². The van der Waals surface area contributed by atoms with E-state index in [4.69, 9.17) is 14.7 Å². The van der Waals surface area contributed by atoms with E-state index < -0.39 is 0 Å². The Hall–Kier alpha value is -4.70. The van der Waals surface area contributed by atoms with Gasteiger partial charge in [0.05, 0.1) is 22.7 Å². The topological polar surface area (TPSA) is 118 Å². The maximum Gasteiger partial charge on any atom is 0.277 e. The van der Waals surface area contributed by atoms with E-state index in [1.807, 2.05) is 66.9 Å². The van der Waals surface area contributed by atoms with Gasteiger partial charge in [0, 0.05) is 17.4 Å². The zero-order valence-electron chi connectivity index (χ0n) is 19.8. The zero-order valence-corrected chi connectivity index (χ0v) is 20.6. The maximum atomic E-state index is 12.4.